The van der Waals surface area contributed by atoms with Crippen molar-refractivity contribution in [2.75, 3.05) is 12.4 Å². The van der Waals surface area contributed by atoms with Crippen LogP contribution >= 0.6 is 0 Å². The van der Waals surface area contributed by atoms with Gasteiger partial charge in [0.1, 0.15) is 6.33 Å². The van der Waals surface area contributed by atoms with Crippen molar-refractivity contribution < 1.29 is 14.3 Å². The van der Waals surface area contributed by atoms with Gasteiger partial charge in [0.2, 0.25) is 11.9 Å². The van der Waals surface area contributed by atoms with Crippen LogP contribution in [-0.4, -0.2) is 33.8 Å². The molecule has 1 atom stereocenters. The second kappa shape index (κ2) is 3.09. The Labute approximate surface area is 79.1 Å². The molecule has 14 heavy (non-hydrogen) atoms. The number of nitrogens with zero attached hydrogens (tertiary/aromatic N) is 3. The number of methoxy groups -OCH3 is 1. The van der Waals surface area contributed by atoms with E-state index in [1.807, 2.05) is 0 Å². The number of hydrogen-bond acceptors (Lipinski definition) is 5. The average Bonchev–Trinajstić information content (AvgIpc) is 2.62. The van der Waals surface area contributed by atoms with Gasteiger partial charge < -0.3 is 4.74 Å². The van der Waals surface area contributed by atoms with Crippen LogP contribution in [0, 0.1) is 0 Å². The van der Waals surface area contributed by atoms with Gasteiger partial charge in [-0.1, -0.05) is 0 Å². The van der Waals surface area contributed by atoms with Gasteiger partial charge in [-0.05, 0) is 0 Å². The maximum atomic E-state index is 11.3. The number of aromatic nitrogens is 3. The zero-order valence-corrected chi connectivity index (χ0v) is 7.43. The monoisotopic (exact) mass is 196 g/mol. The Morgan fingerprint density at radius 2 is 2.57 bits per heavy atom. The Morgan fingerprint density at radius 1 is 1.79 bits per heavy atom. The van der Waals surface area contributed by atoms with Gasteiger partial charge in [-0.25, -0.2) is 9.48 Å². The molecule has 0 aromatic carbocycles. The molecule has 0 saturated heterocycles. The predicted octanol–water partition coefficient (Wildman–Crippen LogP) is -0.666. The Balaban J connectivity index is 2.37. The summed E-state index contributed by atoms with van der Waals surface area (Å²) in [7, 11) is 1.27. The molecule has 1 unspecified atom stereocenters. The number of esters is 1. The lowest BCUT2D eigenvalue weighted by Gasteiger charge is -2.20. The van der Waals surface area contributed by atoms with Crippen molar-refractivity contribution in [1.82, 2.24) is 14.8 Å². The number of rotatable bonds is 1. The lowest BCUT2D eigenvalue weighted by molar-refractivity contribution is -0.146. The molecule has 7 heteroatoms. The fourth-order valence-electron chi connectivity index (χ4n) is 1.32. The zero-order valence-electron chi connectivity index (χ0n) is 7.43. The highest BCUT2D eigenvalue weighted by molar-refractivity contribution is 5.94. The molecule has 7 nitrogen and oxygen atoms in total. The first-order valence-electron chi connectivity index (χ1n) is 3.99. The van der Waals surface area contributed by atoms with Crippen molar-refractivity contribution in [3.8, 4) is 0 Å². The summed E-state index contributed by atoms with van der Waals surface area (Å²) in [6, 6.07) is -0.703. The van der Waals surface area contributed by atoms with Crippen molar-refractivity contribution in [1.29, 1.82) is 0 Å². The second-order valence-corrected chi connectivity index (χ2v) is 2.82. The van der Waals surface area contributed by atoms with Crippen molar-refractivity contribution in [3.63, 3.8) is 0 Å². The van der Waals surface area contributed by atoms with E-state index in [1.165, 1.54) is 18.1 Å². The SMILES string of the molecule is COC(=O)C1CC(=O)Nc2ncnn21. The highest BCUT2D eigenvalue weighted by atomic mass is 16.5. The summed E-state index contributed by atoms with van der Waals surface area (Å²) in [5.41, 5.74) is 0. The molecule has 2 heterocycles. The van der Waals surface area contributed by atoms with E-state index in [2.05, 4.69) is 20.1 Å². The summed E-state index contributed by atoms with van der Waals surface area (Å²) in [6.07, 6.45) is 1.31. The minimum Gasteiger partial charge on any atom is -0.467 e. The molecule has 0 spiro atoms. The third-order valence-electron chi connectivity index (χ3n) is 1.97. The van der Waals surface area contributed by atoms with Gasteiger partial charge in [0.05, 0.1) is 13.5 Å². The van der Waals surface area contributed by atoms with Crippen molar-refractivity contribution in [2.24, 2.45) is 0 Å². The number of amides is 1. The highest BCUT2D eigenvalue weighted by Crippen LogP contribution is 2.21. The molecule has 0 radical (unpaired) electrons. The number of ether oxygens (including phenoxy) is 1. The Kier molecular flexibility index (Phi) is 1.91. The van der Waals surface area contributed by atoms with Crippen LogP contribution in [0.15, 0.2) is 6.33 Å². The first-order valence-corrected chi connectivity index (χ1v) is 3.99. The maximum absolute atomic E-state index is 11.3. The van der Waals surface area contributed by atoms with Gasteiger partial charge in [0, 0.05) is 0 Å². The quantitative estimate of drug-likeness (QED) is 0.602. The third kappa shape index (κ3) is 1.22. The van der Waals surface area contributed by atoms with Crippen LogP contribution in [-0.2, 0) is 14.3 Å². The number of fused-ring (bicyclic) bond motifs is 1. The fraction of sp³-hybridized carbons (Fsp3) is 0.429. The van der Waals surface area contributed by atoms with Gasteiger partial charge in [0.15, 0.2) is 6.04 Å². The normalized spacial score (nSPS) is 19.8. The van der Waals surface area contributed by atoms with Crippen molar-refractivity contribution in [3.05, 3.63) is 6.33 Å². The van der Waals surface area contributed by atoms with E-state index < -0.39 is 12.0 Å². The topological polar surface area (TPSA) is 86.1 Å². The Morgan fingerprint density at radius 3 is 3.29 bits per heavy atom. The van der Waals surface area contributed by atoms with Crippen LogP contribution in [0.25, 0.3) is 0 Å². The van der Waals surface area contributed by atoms with E-state index in [0.29, 0.717) is 0 Å². The van der Waals surface area contributed by atoms with E-state index in [-0.39, 0.29) is 18.3 Å². The van der Waals surface area contributed by atoms with Crippen molar-refractivity contribution >= 4 is 17.8 Å². The fourth-order valence-corrected chi connectivity index (χ4v) is 1.32. The molecule has 0 bridgehead atoms. The van der Waals surface area contributed by atoms with E-state index in [4.69, 9.17) is 0 Å². The third-order valence-corrected chi connectivity index (χ3v) is 1.97. The van der Waals surface area contributed by atoms with Crippen LogP contribution in [0.1, 0.15) is 12.5 Å². The average molecular weight is 196 g/mol. The van der Waals surface area contributed by atoms with Crippen LogP contribution in [0.4, 0.5) is 5.95 Å². The molecule has 2 rings (SSSR count). The van der Waals surface area contributed by atoms with Crippen LogP contribution in [0.2, 0.25) is 0 Å². The van der Waals surface area contributed by atoms with Gasteiger partial charge >= 0.3 is 5.97 Å². The highest BCUT2D eigenvalue weighted by Gasteiger charge is 2.32. The molecule has 1 N–H and O–H groups in total. The van der Waals surface area contributed by atoms with Gasteiger partial charge in [0.25, 0.3) is 0 Å². The molecule has 1 aliphatic rings. The summed E-state index contributed by atoms with van der Waals surface area (Å²) in [5, 5.41) is 6.32. The first kappa shape index (κ1) is 8.67. The maximum Gasteiger partial charge on any atom is 0.331 e. The van der Waals surface area contributed by atoms with Crippen LogP contribution in [0.5, 0.6) is 0 Å². The Bertz CT molecular complexity index is 386. The van der Waals surface area contributed by atoms with E-state index in [0.717, 1.165) is 0 Å². The van der Waals surface area contributed by atoms with Crippen LogP contribution in [0.3, 0.4) is 0 Å². The van der Waals surface area contributed by atoms with Crippen molar-refractivity contribution in [2.45, 2.75) is 12.5 Å². The number of carbonyl (C=O) groups is 2. The molecule has 1 aromatic heterocycles. The molecule has 1 aliphatic heterocycles. The molecule has 0 fully saturated rings. The summed E-state index contributed by atoms with van der Waals surface area (Å²) in [5.74, 6) is -0.482. The largest absolute Gasteiger partial charge is 0.467 e. The van der Waals surface area contributed by atoms with Gasteiger partial charge in [-0.15, -0.1) is 0 Å². The minimum atomic E-state index is -0.703. The molecular weight excluding hydrogens is 188 g/mol. The van der Waals surface area contributed by atoms with E-state index >= 15 is 0 Å². The molecule has 1 aromatic rings. The number of anilines is 1. The molecule has 0 saturated carbocycles. The predicted molar refractivity (Wildman–Crippen MR) is 44.3 cm³/mol. The standard InChI is InChI=1S/C7H8N4O3/c1-14-6(13)4-2-5(12)10-7-8-3-9-11(4)7/h3-4H,2H2,1H3,(H,8,9,10,12). The lowest BCUT2D eigenvalue weighted by atomic mass is 10.2. The van der Waals surface area contributed by atoms with E-state index in [1.54, 1.807) is 0 Å². The molecule has 0 aliphatic carbocycles. The van der Waals surface area contributed by atoms with Gasteiger partial charge in [-0.3, -0.25) is 10.1 Å². The molecule has 74 valence electrons. The summed E-state index contributed by atoms with van der Waals surface area (Å²) >= 11 is 0. The number of nitrogens with one attached hydrogen (secondary N) is 1. The first-order chi connectivity index (χ1) is 6.72. The van der Waals surface area contributed by atoms with Crippen LogP contribution < -0.4 is 5.32 Å². The lowest BCUT2D eigenvalue weighted by Crippen LogP contribution is -2.33. The zero-order chi connectivity index (χ0) is 10.1. The smallest absolute Gasteiger partial charge is 0.331 e. The summed E-state index contributed by atoms with van der Waals surface area (Å²) in [4.78, 5) is 26.2. The molecule has 1 amide bonds. The number of hydrogen-bond donors (Lipinski definition) is 1. The summed E-state index contributed by atoms with van der Waals surface area (Å²) in [6.45, 7) is 0. The van der Waals surface area contributed by atoms with Gasteiger partial charge in [-0.2, -0.15) is 10.1 Å². The minimum absolute atomic E-state index is 0.0308. The second-order valence-electron chi connectivity index (χ2n) is 2.82. The molecular formula is C7H8N4O3. The van der Waals surface area contributed by atoms with E-state index in [9.17, 15) is 9.59 Å². The summed E-state index contributed by atoms with van der Waals surface area (Å²) < 4.78 is 5.90. The number of carbonyl (C=O) groups excluding carboxylic acids is 2. The Hall–Kier alpha value is -1.92.